The first kappa shape index (κ1) is 11.3. The molecule has 0 aliphatic rings. The number of imidazole rings is 1. The second-order valence-corrected chi connectivity index (χ2v) is 3.52. The second-order valence-electron chi connectivity index (χ2n) is 3.52. The Balaban J connectivity index is 1.95. The third-order valence-electron chi connectivity index (χ3n) is 2.29. The molecular weight excluding hydrogens is 218 g/mol. The van der Waals surface area contributed by atoms with E-state index in [0.717, 1.165) is 11.3 Å². The van der Waals surface area contributed by atoms with Crippen LogP contribution in [0.2, 0.25) is 0 Å². The summed E-state index contributed by atoms with van der Waals surface area (Å²) < 4.78 is 0. The Morgan fingerprint density at radius 2 is 2.29 bits per heavy atom. The molecule has 0 atom stereocenters. The van der Waals surface area contributed by atoms with Crippen molar-refractivity contribution in [3.05, 3.63) is 47.8 Å². The van der Waals surface area contributed by atoms with Crippen LogP contribution < -0.4 is 11.1 Å². The topological polar surface area (TPSA) is 96.7 Å². The molecule has 6 heteroatoms. The first-order valence-electron chi connectivity index (χ1n) is 5.20. The molecule has 2 aromatic heterocycles. The van der Waals surface area contributed by atoms with Crippen molar-refractivity contribution in [2.75, 3.05) is 0 Å². The fourth-order valence-electron chi connectivity index (χ4n) is 1.33. The Labute approximate surface area is 98.3 Å². The summed E-state index contributed by atoms with van der Waals surface area (Å²) in [5.41, 5.74) is 7.57. The van der Waals surface area contributed by atoms with Crippen LogP contribution in [0.15, 0.2) is 30.9 Å². The molecule has 0 aliphatic carbocycles. The molecule has 2 aromatic rings. The molecule has 88 valence electrons. The summed E-state index contributed by atoms with van der Waals surface area (Å²) in [4.78, 5) is 22.5. The number of aromatic amines is 1. The van der Waals surface area contributed by atoms with Gasteiger partial charge in [-0.05, 0) is 11.6 Å². The summed E-state index contributed by atoms with van der Waals surface area (Å²) in [5, 5.41) is 2.73. The van der Waals surface area contributed by atoms with E-state index in [1.165, 1.54) is 0 Å². The van der Waals surface area contributed by atoms with Crippen LogP contribution in [-0.2, 0) is 13.1 Å². The molecule has 17 heavy (non-hydrogen) atoms. The highest BCUT2D eigenvalue weighted by atomic mass is 16.1. The smallest absolute Gasteiger partial charge is 0.270 e. The van der Waals surface area contributed by atoms with Gasteiger partial charge in [0.05, 0.1) is 18.6 Å². The minimum absolute atomic E-state index is 0.219. The number of H-pyrrole nitrogens is 1. The fourth-order valence-corrected chi connectivity index (χ4v) is 1.33. The number of nitrogens with two attached hydrogens (primary N) is 1. The van der Waals surface area contributed by atoms with Gasteiger partial charge in [0.1, 0.15) is 5.69 Å². The zero-order valence-electron chi connectivity index (χ0n) is 9.18. The van der Waals surface area contributed by atoms with Crippen molar-refractivity contribution in [2.45, 2.75) is 13.1 Å². The molecule has 2 rings (SSSR count). The largest absolute Gasteiger partial charge is 0.347 e. The van der Waals surface area contributed by atoms with Crippen LogP contribution in [0.3, 0.4) is 0 Å². The van der Waals surface area contributed by atoms with Gasteiger partial charge >= 0.3 is 0 Å². The van der Waals surface area contributed by atoms with Crippen molar-refractivity contribution in [2.24, 2.45) is 5.73 Å². The zero-order valence-corrected chi connectivity index (χ0v) is 9.18. The monoisotopic (exact) mass is 231 g/mol. The molecule has 0 spiro atoms. The number of hydrogen-bond acceptors (Lipinski definition) is 4. The lowest BCUT2D eigenvalue weighted by Gasteiger charge is -2.03. The molecule has 2 heterocycles. The van der Waals surface area contributed by atoms with Gasteiger partial charge < -0.3 is 16.0 Å². The summed E-state index contributed by atoms with van der Waals surface area (Å²) in [6.45, 7) is 0.822. The van der Waals surface area contributed by atoms with Crippen molar-refractivity contribution in [1.82, 2.24) is 20.3 Å². The first-order chi connectivity index (χ1) is 8.29. The van der Waals surface area contributed by atoms with Crippen LogP contribution >= 0.6 is 0 Å². The Morgan fingerprint density at radius 1 is 1.41 bits per heavy atom. The van der Waals surface area contributed by atoms with Gasteiger partial charge in [0.15, 0.2) is 0 Å². The van der Waals surface area contributed by atoms with E-state index in [0.29, 0.717) is 18.8 Å². The number of amides is 1. The van der Waals surface area contributed by atoms with Crippen LogP contribution in [0.5, 0.6) is 0 Å². The maximum Gasteiger partial charge on any atom is 0.270 e. The number of hydrogen-bond donors (Lipinski definition) is 3. The maximum atomic E-state index is 11.7. The van der Waals surface area contributed by atoms with Gasteiger partial charge in [-0.1, -0.05) is 6.07 Å². The second kappa shape index (κ2) is 5.22. The zero-order chi connectivity index (χ0) is 12.1. The summed E-state index contributed by atoms with van der Waals surface area (Å²) in [6.07, 6.45) is 4.83. The number of pyridine rings is 1. The average molecular weight is 231 g/mol. The molecule has 6 nitrogen and oxygen atoms in total. The van der Waals surface area contributed by atoms with Crippen LogP contribution in [0.25, 0.3) is 0 Å². The van der Waals surface area contributed by atoms with Gasteiger partial charge in [0, 0.05) is 18.9 Å². The Hall–Kier alpha value is -2.21. The summed E-state index contributed by atoms with van der Waals surface area (Å²) in [6, 6.07) is 3.45. The standard InChI is InChI=1S/C11H13N5O/c12-3-8-1-2-10(14-4-8)11(17)15-6-9-5-13-7-16-9/h1-2,4-5,7H,3,6,12H2,(H,13,16)(H,15,17). The normalized spacial score (nSPS) is 10.2. The highest BCUT2D eigenvalue weighted by molar-refractivity contribution is 5.92. The molecule has 0 unspecified atom stereocenters. The number of nitrogens with zero attached hydrogens (tertiary/aromatic N) is 2. The lowest BCUT2D eigenvalue weighted by atomic mass is 10.2. The van der Waals surface area contributed by atoms with Crippen molar-refractivity contribution < 1.29 is 4.79 Å². The van der Waals surface area contributed by atoms with E-state index < -0.39 is 0 Å². The number of aromatic nitrogens is 3. The van der Waals surface area contributed by atoms with E-state index in [4.69, 9.17) is 5.73 Å². The van der Waals surface area contributed by atoms with Gasteiger partial charge in [-0.15, -0.1) is 0 Å². The SMILES string of the molecule is NCc1ccc(C(=O)NCc2cnc[nH]2)nc1. The molecule has 0 saturated carbocycles. The quantitative estimate of drug-likeness (QED) is 0.700. The molecule has 0 bridgehead atoms. The summed E-state index contributed by atoms with van der Waals surface area (Å²) in [5.74, 6) is -0.219. The van der Waals surface area contributed by atoms with E-state index in [9.17, 15) is 4.79 Å². The Morgan fingerprint density at radius 3 is 2.88 bits per heavy atom. The number of carbonyl (C=O) groups is 1. The van der Waals surface area contributed by atoms with Crippen LogP contribution in [0.1, 0.15) is 21.7 Å². The fraction of sp³-hybridized carbons (Fsp3) is 0.182. The van der Waals surface area contributed by atoms with Crippen LogP contribution in [-0.4, -0.2) is 20.9 Å². The molecule has 0 aliphatic heterocycles. The minimum Gasteiger partial charge on any atom is -0.347 e. The van der Waals surface area contributed by atoms with E-state index >= 15 is 0 Å². The third-order valence-corrected chi connectivity index (χ3v) is 2.29. The van der Waals surface area contributed by atoms with E-state index in [1.54, 1.807) is 30.9 Å². The van der Waals surface area contributed by atoms with E-state index in [2.05, 4.69) is 20.3 Å². The number of nitrogens with one attached hydrogen (secondary N) is 2. The molecule has 1 amide bonds. The maximum absolute atomic E-state index is 11.7. The van der Waals surface area contributed by atoms with Gasteiger partial charge in [0.25, 0.3) is 5.91 Å². The molecule has 0 saturated heterocycles. The van der Waals surface area contributed by atoms with Crippen molar-refractivity contribution >= 4 is 5.91 Å². The molecule has 0 aromatic carbocycles. The predicted molar refractivity (Wildman–Crippen MR) is 61.9 cm³/mol. The van der Waals surface area contributed by atoms with Crippen LogP contribution in [0, 0.1) is 0 Å². The van der Waals surface area contributed by atoms with E-state index in [1.807, 2.05) is 0 Å². The van der Waals surface area contributed by atoms with Crippen molar-refractivity contribution in [3.63, 3.8) is 0 Å². The number of rotatable bonds is 4. The number of carbonyl (C=O) groups excluding carboxylic acids is 1. The highest BCUT2D eigenvalue weighted by Gasteiger charge is 2.06. The van der Waals surface area contributed by atoms with E-state index in [-0.39, 0.29) is 5.91 Å². The average Bonchev–Trinajstić information content (AvgIpc) is 2.89. The first-order valence-corrected chi connectivity index (χ1v) is 5.20. The van der Waals surface area contributed by atoms with Gasteiger partial charge in [-0.3, -0.25) is 9.78 Å². The molecule has 4 N–H and O–H groups in total. The Bertz CT molecular complexity index is 477. The van der Waals surface area contributed by atoms with Crippen molar-refractivity contribution in [1.29, 1.82) is 0 Å². The predicted octanol–water partition coefficient (Wildman–Crippen LogP) is 0.193. The highest BCUT2D eigenvalue weighted by Crippen LogP contribution is 2.00. The van der Waals surface area contributed by atoms with Gasteiger partial charge in [0.2, 0.25) is 0 Å². The van der Waals surface area contributed by atoms with Crippen LogP contribution in [0.4, 0.5) is 0 Å². The molecule has 0 radical (unpaired) electrons. The molecular formula is C11H13N5O. The summed E-state index contributed by atoms with van der Waals surface area (Å²) in [7, 11) is 0. The lowest BCUT2D eigenvalue weighted by molar-refractivity contribution is 0.0945. The Kier molecular flexibility index (Phi) is 3.46. The summed E-state index contributed by atoms with van der Waals surface area (Å²) >= 11 is 0. The van der Waals surface area contributed by atoms with Gasteiger partial charge in [-0.25, -0.2) is 4.98 Å². The van der Waals surface area contributed by atoms with Gasteiger partial charge in [-0.2, -0.15) is 0 Å². The minimum atomic E-state index is -0.219. The molecule has 0 fully saturated rings. The third kappa shape index (κ3) is 2.88. The lowest BCUT2D eigenvalue weighted by Crippen LogP contribution is -2.24. The van der Waals surface area contributed by atoms with Crippen molar-refractivity contribution in [3.8, 4) is 0 Å².